The Balaban J connectivity index is 1.70. The van der Waals surface area contributed by atoms with Crippen LogP contribution in [0.25, 0.3) is 0 Å². The molecule has 0 bridgehead atoms. The van der Waals surface area contributed by atoms with E-state index in [-0.39, 0.29) is 11.5 Å². The molecule has 3 rings (SSSR count). The molecule has 2 heterocycles. The van der Waals surface area contributed by atoms with Gasteiger partial charge in [-0.05, 0) is 42.8 Å². The van der Waals surface area contributed by atoms with Crippen LogP contribution in [0.3, 0.4) is 0 Å². The molecule has 0 fully saturated rings. The van der Waals surface area contributed by atoms with Crippen molar-refractivity contribution in [3.63, 3.8) is 0 Å². The zero-order valence-corrected chi connectivity index (χ0v) is 12.9. The summed E-state index contributed by atoms with van der Waals surface area (Å²) in [5, 5.41) is 3.18. The zero-order chi connectivity index (χ0) is 18.2. The molecule has 1 aromatic carbocycles. The average molecular weight is 354 g/mol. The minimum Gasteiger partial charge on any atom is -0.383 e. The average Bonchev–Trinajstić information content (AvgIpc) is 2.91. The van der Waals surface area contributed by atoms with Gasteiger partial charge in [0.05, 0.1) is 5.56 Å². The van der Waals surface area contributed by atoms with E-state index in [9.17, 15) is 27.6 Å². The number of anilines is 1. The molecule has 0 spiro atoms. The maximum Gasteiger partial charge on any atom is 0.491 e. The van der Waals surface area contributed by atoms with Gasteiger partial charge in [0.15, 0.2) is 0 Å². The largest absolute Gasteiger partial charge is 0.491 e. The summed E-state index contributed by atoms with van der Waals surface area (Å²) in [5.74, 6) is -4.08. The Kier molecular flexibility index (Phi) is 4.34. The number of ether oxygens (including phenoxy) is 1. The predicted octanol–water partition coefficient (Wildman–Crippen LogP) is 1.57. The molecule has 1 N–H and O–H groups in total. The molecule has 0 atom stereocenters. The summed E-state index contributed by atoms with van der Waals surface area (Å²) in [6, 6.07) is 5.28. The van der Waals surface area contributed by atoms with Gasteiger partial charge in [-0.3, -0.25) is 4.79 Å². The summed E-state index contributed by atoms with van der Waals surface area (Å²) in [4.78, 5) is 36.2. The van der Waals surface area contributed by atoms with Crippen molar-refractivity contribution < 1.29 is 32.3 Å². The number of hydrogen-bond donors (Lipinski definition) is 1. The third-order valence-corrected chi connectivity index (χ3v) is 4.00. The highest BCUT2D eigenvalue weighted by Gasteiger charge is 2.42. The summed E-state index contributed by atoms with van der Waals surface area (Å²) in [6.45, 7) is 1.80. The smallest absolute Gasteiger partial charge is 0.383 e. The van der Waals surface area contributed by atoms with Crippen LogP contribution in [0.2, 0.25) is 0 Å². The number of carbonyl (C=O) groups is 3. The van der Waals surface area contributed by atoms with Crippen molar-refractivity contribution in [3.8, 4) is 0 Å². The first kappa shape index (κ1) is 17.2. The first-order chi connectivity index (χ1) is 11.8. The van der Waals surface area contributed by atoms with Crippen LogP contribution in [-0.2, 0) is 14.3 Å². The summed E-state index contributed by atoms with van der Waals surface area (Å²) in [7, 11) is 0. The molecule has 6 nitrogen and oxygen atoms in total. The predicted molar refractivity (Wildman–Crippen MR) is 79.8 cm³/mol. The van der Waals surface area contributed by atoms with Gasteiger partial charge < -0.3 is 15.0 Å². The number of rotatable bonds is 2. The van der Waals surface area contributed by atoms with E-state index in [1.807, 2.05) is 0 Å². The molecule has 0 aromatic heterocycles. The van der Waals surface area contributed by atoms with Gasteiger partial charge in [0.1, 0.15) is 0 Å². The van der Waals surface area contributed by atoms with E-state index in [1.54, 1.807) is 0 Å². The van der Waals surface area contributed by atoms with E-state index < -0.39 is 18.1 Å². The molecule has 0 saturated heterocycles. The van der Waals surface area contributed by atoms with E-state index in [4.69, 9.17) is 0 Å². The van der Waals surface area contributed by atoms with E-state index in [1.165, 1.54) is 29.2 Å². The lowest BCUT2D eigenvalue weighted by atomic mass is 10.0. The first-order valence-electron chi connectivity index (χ1n) is 7.44. The molecule has 1 amide bonds. The van der Waals surface area contributed by atoms with Crippen LogP contribution in [0, 0.1) is 0 Å². The highest BCUT2D eigenvalue weighted by Crippen LogP contribution is 2.29. The van der Waals surface area contributed by atoms with Crippen molar-refractivity contribution in [3.05, 3.63) is 41.0 Å². The number of halogens is 3. The van der Waals surface area contributed by atoms with Crippen LogP contribution in [0.1, 0.15) is 16.8 Å². The van der Waals surface area contributed by atoms with Crippen molar-refractivity contribution in [2.24, 2.45) is 0 Å². The van der Waals surface area contributed by atoms with E-state index in [0.29, 0.717) is 25.2 Å². The fourth-order valence-electron chi connectivity index (χ4n) is 2.76. The number of amides is 1. The Hall–Kier alpha value is -2.68. The summed E-state index contributed by atoms with van der Waals surface area (Å²) < 4.78 is 40.1. The van der Waals surface area contributed by atoms with Gasteiger partial charge in [-0.1, -0.05) is 0 Å². The molecule has 0 aliphatic carbocycles. The Morgan fingerprint density at radius 3 is 2.44 bits per heavy atom. The van der Waals surface area contributed by atoms with Crippen LogP contribution in [0.15, 0.2) is 35.4 Å². The Morgan fingerprint density at radius 2 is 1.84 bits per heavy atom. The summed E-state index contributed by atoms with van der Waals surface area (Å²) >= 11 is 0. The molecule has 9 heteroatoms. The van der Waals surface area contributed by atoms with Gasteiger partial charge in [0.25, 0.3) is 5.91 Å². The van der Waals surface area contributed by atoms with Crippen LogP contribution in [-0.4, -0.2) is 43.7 Å². The Morgan fingerprint density at radius 1 is 1.16 bits per heavy atom. The zero-order valence-electron chi connectivity index (χ0n) is 12.9. The Labute approximate surface area is 140 Å². The van der Waals surface area contributed by atoms with Gasteiger partial charge in [-0.15, -0.1) is 0 Å². The SMILES string of the molecule is O=C(OC(=O)C(F)(F)F)c1ccc(N2CC3=C(CCNC3)C2=O)cc1. The number of alkyl halides is 3. The minimum atomic E-state index is -5.24. The standard InChI is InChI=1S/C16H13F3N2O4/c17-16(18,19)15(24)25-14(23)9-1-3-11(4-2-9)21-8-10-7-20-6-5-12(10)13(21)22/h1-4,20H,5-8H2. The molecule has 0 radical (unpaired) electrons. The van der Waals surface area contributed by atoms with Crippen LogP contribution >= 0.6 is 0 Å². The van der Waals surface area contributed by atoms with Gasteiger partial charge in [-0.25, -0.2) is 9.59 Å². The third kappa shape index (κ3) is 3.41. The number of carbonyl (C=O) groups excluding carboxylic acids is 3. The van der Waals surface area contributed by atoms with Gasteiger partial charge >= 0.3 is 18.1 Å². The van der Waals surface area contributed by atoms with E-state index in [2.05, 4.69) is 10.1 Å². The van der Waals surface area contributed by atoms with Gasteiger partial charge in [0.2, 0.25) is 0 Å². The maximum absolute atomic E-state index is 12.4. The molecule has 2 aliphatic heterocycles. The molecule has 0 saturated carbocycles. The lowest BCUT2D eigenvalue weighted by molar-refractivity contribution is -0.193. The van der Waals surface area contributed by atoms with Crippen molar-refractivity contribution in [1.29, 1.82) is 0 Å². The fraction of sp³-hybridized carbons (Fsp3) is 0.312. The van der Waals surface area contributed by atoms with Crippen LogP contribution in [0.5, 0.6) is 0 Å². The minimum absolute atomic E-state index is 0.112. The highest BCUT2D eigenvalue weighted by molar-refractivity contribution is 6.09. The number of benzene rings is 1. The topological polar surface area (TPSA) is 75.7 Å². The second-order valence-corrected chi connectivity index (χ2v) is 5.62. The molecular weight excluding hydrogens is 341 g/mol. The normalized spacial score (nSPS) is 17.6. The lowest BCUT2D eigenvalue weighted by Gasteiger charge is -2.17. The summed E-state index contributed by atoms with van der Waals surface area (Å²) in [6.07, 6.45) is -4.59. The van der Waals surface area contributed by atoms with E-state index >= 15 is 0 Å². The maximum atomic E-state index is 12.4. The summed E-state index contributed by atoms with van der Waals surface area (Å²) in [5.41, 5.74) is 2.08. The van der Waals surface area contributed by atoms with Crippen molar-refractivity contribution in [2.45, 2.75) is 12.6 Å². The highest BCUT2D eigenvalue weighted by atomic mass is 19.4. The molecule has 2 aliphatic rings. The monoisotopic (exact) mass is 354 g/mol. The quantitative estimate of drug-likeness (QED) is 0.645. The fourth-order valence-corrected chi connectivity index (χ4v) is 2.76. The van der Waals surface area contributed by atoms with Gasteiger partial charge in [0, 0.05) is 24.4 Å². The molecule has 0 unspecified atom stereocenters. The first-order valence-corrected chi connectivity index (χ1v) is 7.44. The van der Waals surface area contributed by atoms with Gasteiger partial charge in [-0.2, -0.15) is 13.2 Å². The Bertz CT molecular complexity index is 769. The third-order valence-electron chi connectivity index (χ3n) is 4.00. The molecular formula is C16H13F3N2O4. The van der Waals surface area contributed by atoms with Crippen molar-refractivity contribution in [1.82, 2.24) is 5.32 Å². The molecule has 25 heavy (non-hydrogen) atoms. The van der Waals surface area contributed by atoms with Crippen molar-refractivity contribution >= 4 is 23.5 Å². The van der Waals surface area contributed by atoms with Crippen LogP contribution in [0.4, 0.5) is 18.9 Å². The second-order valence-electron chi connectivity index (χ2n) is 5.62. The number of nitrogens with zero attached hydrogens (tertiary/aromatic N) is 1. The van der Waals surface area contributed by atoms with Crippen LogP contribution < -0.4 is 10.2 Å². The number of nitrogens with one attached hydrogen (secondary N) is 1. The van der Waals surface area contributed by atoms with Crippen molar-refractivity contribution in [2.75, 3.05) is 24.5 Å². The molecule has 132 valence electrons. The molecule has 1 aromatic rings. The number of hydrogen-bond acceptors (Lipinski definition) is 5. The second kappa shape index (κ2) is 6.32. The lowest BCUT2D eigenvalue weighted by Crippen LogP contribution is -2.28. The van der Waals surface area contributed by atoms with E-state index in [0.717, 1.165) is 17.7 Å². The number of esters is 2.